The van der Waals surface area contributed by atoms with Crippen molar-refractivity contribution in [3.05, 3.63) is 35.8 Å². The number of benzene rings is 1. The zero-order valence-electron chi connectivity index (χ0n) is 13.8. The zero-order valence-corrected chi connectivity index (χ0v) is 13.8. The number of carbonyl (C=O) groups is 1. The molecule has 0 aliphatic carbocycles. The number of halogens is 1. The maximum absolute atomic E-state index is 13.3. The molecule has 2 heterocycles. The van der Waals surface area contributed by atoms with Crippen LogP contribution in [0.15, 0.2) is 28.7 Å². The van der Waals surface area contributed by atoms with Crippen LogP contribution in [0.5, 0.6) is 0 Å². The van der Waals surface area contributed by atoms with Crippen molar-refractivity contribution >= 4 is 16.9 Å². The number of piperidine rings is 1. The van der Waals surface area contributed by atoms with Crippen molar-refractivity contribution in [1.29, 1.82) is 0 Å². The van der Waals surface area contributed by atoms with E-state index in [9.17, 15) is 9.18 Å². The summed E-state index contributed by atoms with van der Waals surface area (Å²) in [5, 5.41) is 3.75. The van der Waals surface area contributed by atoms with Crippen LogP contribution in [0.1, 0.15) is 31.4 Å². The summed E-state index contributed by atoms with van der Waals surface area (Å²) in [4.78, 5) is 14.0. The number of hydrogen-bond acceptors (Lipinski definition) is 4. The molecule has 1 aromatic carbocycles. The van der Waals surface area contributed by atoms with Crippen LogP contribution in [-0.2, 0) is 11.3 Å². The summed E-state index contributed by atoms with van der Waals surface area (Å²) in [7, 11) is 0. The van der Waals surface area contributed by atoms with Crippen LogP contribution in [0.25, 0.3) is 11.0 Å². The number of furan rings is 1. The Bertz CT molecular complexity index is 701. The fourth-order valence-corrected chi connectivity index (χ4v) is 3.30. The molecule has 1 atom stereocenters. The molecule has 1 aromatic heterocycles. The number of nitrogens with one attached hydrogen (secondary N) is 1. The highest BCUT2D eigenvalue weighted by Crippen LogP contribution is 2.24. The lowest BCUT2D eigenvalue weighted by Gasteiger charge is -2.35. The van der Waals surface area contributed by atoms with Crippen LogP contribution >= 0.6 is 0 Å². The van der Waals surface area contributed by atoms with Gasteiger partial charge >= 0.3 is 0 Å². The summed E-state index contributed by atoms with van der Waals surface area (Å²) in [6, 6.07) is 6.76. The highest BCUT2D eigenvalue weighted by atomic mass is 19.1. The van der Waals surface area contributed by atoms with Crippen LogP contribution < -0.4 is 11.1 Å². The largest absolute Gasteiger partial charge is 0.460 e. The minimum absolute atomic E-state index is 0.00207. The first kappa shape index (κ1) is 16.9. The highest BCUT2D eigenvalue weighted by Gasteiger charge is 2.24. The van der Waals surface area contributed by atoms with Gasteiger partial charge in [0.15, 0.2) is 0 Å². The number of hydrogen-bond donors (Lipinski definition) is 2. The highest BCUT2D eigenvalue weighted by molar-refractivity contribution is 5.78. The predicted octanol–water partition coefficient (Wildman–Crippen LogP) is 2.39. The Kier molecular flexibility index (Phi) is 5.48. The Morgan fingerprint density at radius 2 is 2.25 bits per heavy atom. The van der Waals surface area contributed by atoms with Gasteiger partial charge in [0.05, 0.1) is 6.54 Å². The number of nitrogens with two attached hydrogens (primary N) is 1. The van der Waals surface area contributed by atoms with Crippen LogP contribution in [-0.4, -0.2) is 36.5 Å². The van der Waals surface area contributed by atoms with Gasteiger partial charge in [-0.25, -0.2) is 4.39 Å². The van der Waals surface area contributed by atoms with Crippen molar-refractivity contribution in [2.24, 2.45) is 5.73 Å². The summed E-state index contributed by atoms with van der Waals surface area (Å²) in [6.45, 7) is 2.65. The summed E-state index contributed by atoms with van der Waals surface area (Å²) in [5.41, 5.74) is 6.11. The number of likely N-dealkylation sites (tertiary alicyclic amines) is 1. The van der Waals surface area contributed by atoms with Gasteiger partial charge in [-0.15, -0.1) is 0 Å². The normalized spacial score (nSPS) is 18.8. The van der Waals surface area contributed by atoms with Gasteiger partial charge < -0.3 is 15.5 Å². The summed E-state index contributed by atoms with van der Waals surface area (Å²) in [5.74, 6) is 0.575. The SMILES string of the molecule is NCCC(=O)NCC1CCCCN1Cc1cc2cc(F)ccc2o1. The van der Waals surface area contributed by atoms with E-state index >= 15 is 0 Å². The van der Waals surface area contributed by atoms with Crippen molar-refractivity contribution in [1.82, 2.24) is 10.2 Å². The average molecular weight is 333 g/mol. The molecular weight excluding hydrogens is 309 g/mol. The van der Waals surface area contributed by atoms with E-state index in [4.69, 9.17) is 10.2 Å². The van der Waals surface area contributed by atoms with E-state index in [-0.39, 0.29) is 11.7 Å². The van der Waals surface area contributed by atoms with E-state index in [1.54, 1.807) is 6.07 Å². The van der Waals surface area contributed by atoms with Gasteiger partial charge in [-0.05, 0) is 43.7 Å². The molecule has 1 aliphatic rings. The lowest BCUT2D eigenvalue weighted by atomic mass is 10.0. The zero-order chi connectivity index (χ0) is 16.9. The van der Waals surface area contributed by atoms with E-state index in [0.717, 1.165) is 30.5 Å². The summed E-state index contributed by atoms with van der Waals surface area (Å²) in [6.07, 6.45) is 3.72. The van der Waals surface area contributed by atoms with E-state index in [2.05, 4.69) is 10.2 Å². The Hall–Kier alpha value is -1.92. The van der Waals surface area contributed by atoms with E-state index in [1.807, 2.05) is 6.07 Å². The summed E-state index contributed by atoms with van der Waals surface area (Å²) >= 11 is 0. The van der Waals surface area contributed by atoms with Crippen LogP contribution in [0.3, 0.4) is 0 Å². The molecule has 1 aliphatic heterocycles. The van der Waals surface area contributed by atoms with Gasteiger partial charge in [0.25, 0.3) is 0 Å². The van der Waals surface area contributed by atoms with E-state index in [0.29, 0.717) is 37.7 Å². The first-order valence-corrected chi connectivity index (χ1v) is 8.54. The molecule has 1 saturated heterocycles. The molecule has 0 saturated carbocycles. The van der Waals surface area contributed by atoms with Gasteiger partial charge in [-0.1, -0.05) is 6.42 Å². The maximum atomic E-state index is 13.3. The molecule has 130 valence electrons. The Morgan fingerprint density at radius 3 is 3.08 bits per heavy atom. The topological polar surface area (TPSA) is 71.5 Å². The molecule has 0 radical (unpaired) electrons. The molecule has 3 rings (SSSR count). The first-order valence-electron chi connectivity index (χ1n) is 8.54. The summed E-state index contributed by atoms with van der Waals surface area (Å²) < 4.78 is 19.1. The van der Waals surface area contributed by atoms with Crippen molar-refractivity contribution < 1.29 is 13.6 Å². The standard InChI is InChI=1S/C18H24FN3O2/c19-14-4-5-17-13(9-14)10-16(24-17)12-22-8-2-1-3-15(22)11-21-18(23)6-7-20/h4-5,9-10,15H,1-3,6-8,11-12,20H2,(H,21,23). The molecule has 5 nitrogen and oxygen atoms in total. The third-order valence-corrected chi connectivity index (χ3v) is 4.54. The third-order valence-electron chi connectivity index (χ3n) is 4.54. The lowest BCUT2D eigenvalue weighted by molar-refractivity contribution is -0.121. The molecule has 2 aromatic rings. The van der Waals surface area contributed by atoms with E-state index < -0.39 is 0 Å². The van der Waals surface area contributed by atoms with Crippen molar-refractivity contribution in [3.8, 4) is 0 Å². The van der Waals surface area contributed by atoms with Crippen molar-refractivity contribution in [2.45, 2.75) is 38.3 Å². The second kappa shape index (κ2) is 7.77. The van der Waals surface area contributed by atoms with Crippen LogP contribution in [0, 0.1) is 5.82 Å². The molecule has 1 fully saturated rings. The smallest absolute Gasteiger partial charge is 0.221 e. The van der Waals surface area contributed by atoms with Gasteiger partial charge in [-0.3, -0.25) is 9.69 Å². The molecule has 6 heteroatoms. The maximum Gasteiger partial charge on any atom is 0.221 e. The van der Waals surface area contributed by atoms with Crippen LogP contribution in [0.2, 0.25) is 0 Å². The first-order chi connectivity index (χ1) is 11.7. The second-order valence-electron chi connectivity index (χ2n) is 6.36. The van der Waals surface area contributed by atoms with Gasteiger partial charge in [0, 0.05) is 30.9 Å². The fraction of sp³-hybridized carbons (Fsp3) is 0.500. The van der Waals surface area contributed by atoms with Gasteiger partial charge in [0.2, 0.25) is 5.91 Å². The van der Waals surface area contributed by atoms with Gasteiger partial charge in [-0.2, -0.15) is 0 Å². The number of rotatable bonds is 6. The molecular formula is C18H24FN3O2. The van der Waals surface area contributed by atoms with Crippen LogP contribution in [0.4, 0.5) is 4.39 Å². The minimum atomic E-state index is -0.256. The number of amides is 1. The second-order valence-corrected chi connectivity index (χ2v) is 6.36. The Morgan fingerprint density at radius 1 is 1.38 bits per heavy atom. The molecule has 1 amide bonds. The third kappa shape index (κ3) is 4.13. The quantitative estimate of drug-likeness (QED) is 0.851. The number of nitrogens with zero attached hydrogens (tertiary/aromatic N) is 1. The van der Waals surface area contributed by atoms with Gasteiger partial charge in [0.1, 0.15) is 17.2 Å². The Balaban J connectivity index is 1.64. The minimum Gasteiger partial charge on any atom is -0.460 e. The fourth-order valence-electron chi connectivity index (χ4n) is 3.30. The molecule has 24 heavy (non-hydrogen) atoms. The predicted molar refractivity (Wildman–Crippen MR) is 90.9 cm³/mol. The molecule has 3 N–H and O–H groups in total. The molecule has 0 spiro atoms. The average Bonchev–Trinajstić information content (AvgIpc) is 2.95. The van der Waals surface area contributed by atoms with Crippen molar-refractivity contribution in [3.63, 3.8) is 0 Å². The monoisotopic (exact) mass is 333 g/mol. The molecule has 0 bridgehead atoms. The van der Waals surface area contributed by atoms with E-state index in [1.165, 1.54) is 18.6 Å². The Labute approximate surface area is 141 Å². The number of fused-ring (bicyclic) bond motifs is 1. The number of carbonyl (C=O) groups excluding carboxylic acids is 1. The lowest BCUT2D eigenvalue weighted by Crippen LogP contribution is -2.46. The van der Waals surface area contributed by atoms with Crippen molar-refractivity contribution in [2.75, 3.05) is 19.6 Å². The molecule has 1 unspecified atom stereocenters.